The van der Waals surface area contributed by atoms with Crippen molar-refractivity contribution in [2.24, 2.45) is 17.1 Å². The highest BCUT2D eigenvalue weighted by Gasteiger charge is 2.40. The Kier molecular flexibility index (Phi) is 6.69. The van der Waals surface area contributed by atoms with Crippen LogP contribution in [-0.2, 0) is 4.79 Å². The SMILES string of the molecule is CC(C)CC1(C(=O)NCCCCCN)CCCC1. The Bertz CT molecular complexity index is 245. The molecule has 1 fully saturated rings. The average Bonchev–Trinajstić information content (AvgIpc) is 2.77. The van der Waals surface area contributed by atoms with E-state index in [1.54, 1.807) is 0 Å². The minimum Gasteiger partial charge on any atom is -0.356 e. The summed E-state index contributed by atoms with van der Waals surface area (Å²) in [4.78, 5) is 12.4. The molecule has 3 N–H and O–H groups in total. The number of hydrogen-bond donors (Lipinski definition) is 2. The molecule has 0 atom stereocenters. The van der Waals surface area contributed by atoms with Crippen molar-refractivity contribution in [3.05, 3.63) is 0 Å². The van der Waals surface area contributed by atoms with Gasteiger partial charge in [-0.25, -0.2) is 0 Å². The second-order valence-electron chi connectivity index (χ2n) is 6.19. The third-order valence-corrected chi connectivity index (χ3v) is 4.01. The summed E-state index contributed by atoms with van der Waals surface area (Å²) in [6, 6.07) is 0. The zero-order chi connectivity index (χ0) is 13.4. The molecule has 0 aliphatic heterocycles. The Morgan fingerprint density at radius 3 is 2.44 bits per heavy atom. The topological polar surface area (TPSA) is 55.1 Å². The number of nitrogens with two attached hydrogens (primary N) is 1. The van der Waals surface area contributed by atoms with E-state index in [2.05, 4.69) is 19.2 Å². The van der Waals surface area contributed by atoms with Crippen molar-refractivity contribution >= 4 is 5.91 Å². The first-order valence-corrected chi connectivity index (χ1v) is 7.59. The second kappa shape index (κ2) is 7.78. The Morgan fingerprint density at radius 1 is 1.22 bits per heavy atom. The first-order chi connectivity index (χ1) is 8.60. The van der Waals surface area contributed by atoms with Crippen molar-refractivity contribution in [3.8, 4) is 0 Å². The zero-order valence-electron chi connectivity index (χ0n) is 12.1. The van der Waals surface area contributed by atoms with Gasteiger partial charge in [-0.05, 0) is 44.6 Å². The van der Waals surface area contributed by atoms with Crippen molar-refractivity contribution in [1.29, 1.82) is 0 Å². The van der Waals surface area contributed by atoms with Gasteiger partial charge in [0.15, 0.2) is 0 Å². The van der Waals surface area contributed by atoms with Gasteiger partial charge < -0.3 is 11.1 Å². The van der Waals surface area contributed by atoms with Gasteiger partial charge >= 0.3 is 0 Å². The molecule has 1 aliphatic carbocycles. The molecule has 0 heterocycles. The molecule has 1 amide bonds. The molecule has 1 rings (SSSR count). The highest BCUT2D eigenvalue weighted by Crippen LogP contribution is 2.43. The summed E-state index contributed by atoms with van der Waals surface area (Å²) in [6.45, 7) is 6.01. The molecule has 1 aliphatic rings. The third kappa shape index (κ3) is 4.60. The Balaban J connectivity index is 2.36. The van der Waals surface area contributed by atoms with Crippen LogP contribution in [0.3, 0.4) is 0 Å². The van der Waals surface area contributed by atoms with Crippen LogP contribution in [0.2, 0.25) is 0 Å². The van der Waals surface area contributed by atoms with Crippen molar-refractivity contribution in [3.63, 3.8) is 0 Å². The van der Waals surface area contributed by atoms with E-state index in [0.717, 1.165) is 51.6 Å². The fourth-order valence-electron chi connectivity index (χ4n) is 3.19. The number of unbranched alkanes of at least 4 members (excludes halogenated alkanes) is 2. The molecule has 0 saturated heterocycles. The van der Waals surface area contributed by atoms with Crippen LogP contribution in [-0.4, -0.2) is 19.0 Å². The van der Waals surface area contributed by atoms with Crippen LogP contribution in [0.1, 0.15) is 65.2 Å². The number of carbonyl (C=O) groups is 1. The molecule has 3 nitrogen and oxygen atoms in total. The number of hydrogen-bond acceptors (Lipinski definition) is 2. The van der Waals surface area contributed by atoms with Crippen LogP contribution < -0.4 is 11.1 Å². The average molecular weight is 254 g/mol. The summed E-state index contributed by atoms with van der Waals surface area (Å²) in [7, 11) is 0. The molecular weight excluding hydrogens is 224 g/mol. The maximum atomic E-state index is 12.4. The minimum atomic E-state index is -0.0535. The molecular formula is C15H30N2O. The molecule has 106 valence electrons. The largest absolute Gasteiger partial charge is 0.356 e. The van der Waals surface area contributed by atoms with Gasteiger partial charge in [0.2, 0.25) is 5.91 Å². The maximum Gasteiger partial charge on any atom is 0.226 e. The van der Waals surface area contributed by atoms with E-state index < -0.39 is 0 Å². The molecule has 0 aromatic carbocycles. The molecule has 0 aromatic rings. The van der Waals surface area contributed by atoms with Gasteiger partial charge in [0.1, 0.15) is 0 Å². The monoisotopic (exact) mass is 254 g/mol. The number of rotatable bonds is 8. The lowest BCUT2D eigenvalue weighted by Crippen LogP contribution is -2.40. The first-order valence-electron chi connectivity index (χ1n) is 7.59. The van der Waals surface area contributed by atoms with E-state index in [4.69, 9.17) is 5.73 Å². The summed E-state index contributed by atoms with van der Waals surface area (Å²) < 4.78 is 0. The number of nitrogens with one attached hydrogen (secondary N) is 1. The van der Waals surface area contributed by atoms with E-state index in [-0.39, 0.29) is 5.41 Å². The molecule has 0 aromatic heterocycles. The zero-order valence-corrected chi connectivity index (χ0v) is 12.1. The Labute approximate surface area is 112 Å². The molecule has 0 spiro atoms. The van der Waals surface area contributed by atoms with Gasteiger partial charge in [0.05, 0.1) is 0 Å². The van der Waals surface area contributed by atoms with Crippen molar-refractivity contribution in [2.45, 2.75) is 65.2 Å². The fraction of sp³-hybridized carbons (Fsp3) is 0.933. The highest BCUT2D eigenvalue weighted by molar-refractivity contribution is 5.82. The second-order valence-corrected chi connectivity index (χ2v) is 6.19. The quantitative estimate of drug-likeness (QED) is 0.654. The van der Waals surface area contributed by atoms with E-state index in [1.807, 2.05) is 0 Å². The molecule has 0 unspecified atom stereocenters. The van der Waals surface area contributed by atoms with Crippen LogP contribution in [0.5, 0.6) is 0 Å². The Morgan fingerprint density at radius 2 is 1.89 bits per heavy atom. The lowest BCUT2D eigenvalue weighted by atomic mass is 9.77. The van der Waals surface area contributed by atoms with Crippen LogP contribution in [0.15, 0.2) is 0 Å². The van der Waals surface area contributed by atoms with Crippen molar-refractivity contribution in [2.75, 3.05) is 13.1 Å². The van der Waals surface area contributed by atoms with Gasteiger partial charge in [0, 0.05) is 12.0 Å². The first kappa shape index (κ1) is 15.5. The standard InChI is InChI=1S/C15H30N2O/c1-13(2)12-15(8-4-5-9-15)14(18)17-11-7-3-6-10-16/h13H,3-12,16H2,1-2H3,(H,17,18). The van der Waals surface area contributed by atoms with Gasteiger partial charge in [0.25, 0.3) is 0 Å². The summed E-state index contributed by atoms with van der Waals surface area (Å²) in [5.74, 6) is 0.910. The van der Waals surface area contributed by atoms with Crippen LogP contribution in [0.25, 0.3) is 0 Å². The fourth-order valence-corrected chi connectivity index (χ4v) is 3.19. The number of carbonyl (C=O) groups excluding carboxylic acids is 1. The summed E-state index contributed by atoms with van der Waals surface area (Å²) in [5, 5.41) is 3.15. The van der Waals surface area contributed by atoms with Gasteiger partial charge in [-0.1, -0.05) is 33.1 Å². The summed E-state index contributed by atoms with van der Waals surface area (Å²) in [6.07, 6.45) is 8.88. The van der Waals surface area contributed by atoms with Gasteiger partial charge in [-0.3, -0.25) is 4.79 Å². The van der Waals surface area contributed by atoms with E-state index in [0.29, 0.717) is 11.8 Å². The predicted octanol–water partition coefficient (Wildman–Crippen LogP) is 2.84. The minimum absolute atomic E-state index is 0.0535. The molecule has 0 radical (unpaired) electrons. The van der Waals surface area contributed by atoms with E-state index in [9.17, 15) is 4.79 Å². The molecule has 18 heavy (non-hydrogen) atoms. The molecule has 0 bridgehead atoms. The third-order valence-electron chi connectivity index (χ3n) is 4.01. The molecule has 3 heteroatoms. The lowest BCUT2D eigenvalue weighted by Gasteiger charge is -2.29. The van der Waals surface area contributed by atoms with Crippen molar-refractivity contribution in [1.82, 2.24) is 5.32 Å². The van der Waals surface area contributed by atoms with E-state index >= 15 is 0 Å². The summed E-state index contributed by atoms with van der Waals surface area (Å²) in [5.41, 5.74) is 5.41. The van der Waals surface area contributed by atoms with Crippen LogP contribution >= 0.6 is 0 Å². The van der Waals surface area contributed by atoms with Crippen molar-refractivity contribution < 1.29 is 4.79 Å². The summed E-state index contributed by atoms with van der Waals surface area (Å²) >= 11 is 0. The maximum absolute atomic E-state index is 12.4. The lowest BCUT2D eigenvalue weighted by molar-refractivity contribution is -0.131. The van der Waals surface area contributed by atoms with Gasteiger partial charge in [-0.2, -0.15) is 0 Å². The number of amides is 1. The van der Waals surface area contributed by atoms with Crippen LogP contribution in [0.4, 0.5) is 0 Å². The predicted molar refractivity (Wildman–Crippen MR) is 76.3 cm³/mol. The highest BCUT2D eigenvalue weighted by atomic mass is 16.2. The van der Waals surface area contributed by atoms with Gasteiger partial charge in [-0.15, -0.1) is 0 Å². The molecule has 1 saturated carbocycles. The Hall–Kier alpha value is -0.570. The van der Waals surface area contributed by atoms with E-state index in [1.165, 1.54) is 12.8 Å². The smallest absolute Gasteiger partial charge is 0.226 e. The van der Waals surface area contributed by atoms with Crippen LogP contribution in [0, 0.1) is 11.3 Å². The normalized spacial score (nSPS) is 18.2.